The van der Waals surface area contributed by atoms with E-state index in [2.05, 4.69) is 0 Å². The summed E-state index contributed by atoms with van der Waals surface area (Å²) in [5.41, 5.74) is 18.0. The van der Waals surface area contributed by atoms with E-state index in [1.54, 1.807) is 12.1 Å². The Bertz CT molecular complexity index is 383. The fourth-order valence-electron chi connectivity index (χ4n) is 1.08. The lowest BCUT2D eigenvalue weighted by atomic mass is 10.0. The molecular formula is C9H11ClN4. The van der Waals surface area contributed by atoms with Gasteiger partial charge in [0.15, 0.2) is 0 Å². The number of halogens is 1. The molecule has 0 aliphatic heterocycles. The molecule has 1 aromatic carbocycles. The first kappa shape index (κ1) is 10.8. The second-order valence-electron chi connectivity index (χ2n) is 2.92. The van der Waals surface area contributed by atoms with E-state index in [0.29, 0.717) is 17.1 Å². The summed E-state index contributed by atoms with van der Waals surface area (Å²) in [5.74, 6) is 0. The van der Waals surface area contributed by atoms with Gasteiger partial charge in [0.05, 0.1) is 16.3 Å². The minimum atomic E-state index is -0.319. The van der Waals surface area contributed by atoms with Gasteiger partial charge in [0.2, 0.25) is 0 Å². The van der Waals surface area contributed by atoms with Gasteiger partial charge in [0.25, 0.3) is 0 Å². The summed E-state index contributed by atoms with van der Waals surface area (Å²) in [5, 5.41) is 9.10. The Kier molecular flexibility index (Phi) is 3.31. The predicted octanol–water partition coefficient (Wildman–Crippen LogP) is 0.752. The zero-order chi connectivity index (χ0) is 10.7. The van der Waals surface area contributed by atoms with E-state index in [0.717, 1.165) is 5.56 Å². The van der Waals surface area contributed by atoms with Gasteiger partial charge in [-0.2, -0.15) is 5.26 Å². The highest BCUT2D eigenvalue weighted by atomic mass is 35.5. The summed E-state index contributed by atoms with van der Waals surface area (Å²) in [4.78, 5) is 0. The summed E-state index contributed by atoms with van der Waals surface area (Å²) in [6, 6.07) is 4.87. The summed E-state index contributed by atoms with van der Waals surface area (Å²) in [7, 11) is 0. The fraction of sp³-hybridized carbons (Fsp3) is 0.222. The van der Waals surface area contributed by atoms with Crippen LogP contribution in [0.3, 0.4) is 0 Å². The van der Waals surface area contributed by atoms with E-state index >= 15 is 0 Å². The van der Waals surface area contributed by atoms with Gasteiger partial charge in [-0.3, -0.25) is 0 Å². The molecule has 5 heteroatoms. The summed E-state index contributed by atoms with van der Waals surface area (Å²) < 4.78 is 0. The van der Waals surface area contributed by atoms with Crippen molar-refractivity contribution in [3.63, 3.8) is 0 Å². The van der Waals surface area contributed by atoms with Gasteiger partial charge in [-0.05, 0) is 17.7 Å². The molecule has 0 aliphatic rings. The normalized spacial score (nSPS) is 12.1. The number of nitrogens with zero attached hydrogens (tertiary/aromatic N) is 1. The van der Waals surface area contributed by atoms with Crippen LogP contribution in [0.15, 0.2) is 12.1 Å². The maximum Gasteiger partial charge on any atom is 0.101 e. The van der Waals surface area contributed by atoms with Crippen LogP contribution >= 0.6 is 11.6 Å². The van der Waals surface area contributed by atoms with Crippen molar-refractivity contribution in [3.8, 4) is 6.07 Å². The average Bonchev–Trinajstić information content (AvgIpc) is 2.20. The Balaban J connectivity index is 3.24. The molecule has 0 spiro atoms. The molecule has 0 aromatic heterocycles. The standard InChI is InChI=1S/C9H11ClN4/c10-7-2-5(8(13)4-12)1-6(3-11)9(7)14/h1-2,8H,4,12-14H2/t8-/m1/s1. The molecule has 0 aliphatic carbocycles. The molecule has 1 rings (SSSR count). The number of hydrogen-bond donors (Lipinski definition) is 3. The molecule has 4 nitrogen and oxygen atoms in total. The Hall–Kier alpha value is -1.28. The summed E-state index contributed by atoms with van der Waals surface area (Å²) in [6.07, 6.45) is 0. The second-order valence-corrected chi connectivity index (χ2v) is 3.33. The van der Waals surface area contributed by atoms with Crippen molar-refractivity contribution < 1.29 is 0 Å². The van der Waals surface area contributed by atoms with Gasteiger partial charge in [-0.25, -0.2) is 0 Å². The number of nitrogens with two attached hydrogens (primary N) is 3. The van der Waals surface area contributed by atoms with Crippen molar-refractivity contribution in [2.24, 2.45) is 11.5 Å². The number of nitrogen functional groups attached to an aromatic ring is 1. The van der Waals surface area contributed by atoms with Crippen LogP contribution in [0, 0.1) is 11.3 Å². The van der Waals surface area contributed by atoms with E-state index in [9.17, 15) is 0 Å². The molecule has 0 unspecified atom stereocenters. The zero-order valence-corrected chi connectivity index (χ0v) is 8.25. The van der Waals surface area contributed by atoms with Gasteiger partial charge in [0.1, 0.15) is 6.07 Å². The quantitative estimate of drug-likeness (QED) is 0.627. The molecule has 0 amide bonds. The Morgan fingerprint density at radius 1 is 1.50 bits per heavy atom. The molecule has 0 bridgehead atoms. The maximum atomic E-state index is 8.76. The summed E-state index contributed by atoms with van der Waals surface area (Å²) >= 11 is 5.83. The molecule has 0 radical (unpaired) electrons. The third-order valence-electron chi connectivity index (χ3n) is 1.95. The van der Waals surface area contributed by atoms with E-state index in [-0.39, 0.29) is 11.7 Å². The van der Waals surface area contributed by atoms with Gasteiger partial charge < -0.3 is 17.2 Å². The van der Waals surface area contributed by atoms with Crippen LogP contribution in [0.5, 0.6) is 0 Å². The maximum absolute atomic E-state index is 8.76. The second kappa shape index (κ2) is 4.29. The van der Waals surface area contributed by atoms with Gasteiger partial charge in [-0.15, -0.1) is 0 Å². The highest BCUT2D eigenvalue weighted by molar-refractivity contribution is 6.33. The predicted molar refractivity (Wildman–Crippen MR) is 56.6 cm³/mol. The first-order valence-corrected chi connectivity index (χ1v) is 4.42. The Morgan fingerprint density at radius 2 is 2.14 bits per heavy atom. The first-order chi connectivity index (χ1) is 6.60. The summed E-state index contributed by atoms with van der Waals surface area (Å²) in [6.45, 7) is 0.297. The molecule has 0 saturated heterocycles. The van der Waals surface area contributed by atoms with Crippen molar-refractivity contribution in [3.05, 3.63) is 28.3 Å². The molecule has 74 valence electrons. The van der Waals surface area contributed by atoms with Gasteiger partial charge in [0, 0.05) is 12.6 Å². The lowest BCUT2D eigenvalue weighted by Gasteiger charge is -2.11. The lowest BCUT2D eigenvalue weighted by Crippen LogP contribution is -2.20. The van der Waals surface area contributed by atoms with Crippen LogP contribution in [0.2, 0.25) is 5.02 Å². The highest BCUT2D eigenvalue weighted by Crippen LogP contribution is 2.26. The van der Waals surface area contributed by atoms with Crippen molar-refractivity contribution in [1.82, 2.24) is 0 Å². The van der Waals surface area contributed by atoms with Crippen molar-refractivity contribution in [1.29, 1.82) is 5.26 Å². The van der Waals surface area contributed by atoms with E-state index in [1.807, 2.05) is 6.07 Å². The molecule has 0 heterocycles. The fourth-order valence-corrected chi connectivity index (χ4v) is 1.31. The van der Waals surface area contributed by atoms with Crippen molar-refractivity contribution >= 4 is 17.3 Å². The van der Waals surface area contributed by atoms with Gasteiger partial charge in [-0.1, -0.05) is 11.6 Å². The van der Waals surface area contributed by atoms with Crippen LogP contribution in [-0.4, -0.2) is 6.54 Å². The molecule has 0 saturated carbocycles. The largest absolute Gasteiger partial charge is 0.396 e. The van der Waals surface area contributed by atoms with E-state index in [1.165, 1.54) is 0 Å². The van der Waals surface area contributed by atoms with Crippen LogP contribution in [0.25, 0.3) is 0 Å². The zero-order valence-electron chi connectivity index (χ0n) is 7.50. The lowest BCUT2D eigenvalue weighted by molar-refractivity contribution is 0.737. The smallest absolute Gasteiger partial charge is 0.101 e. The average molecular weight is 211 g/mol. The van der Waals surface area contributed by atoms with E-state index < -0.39 is 0 Å². The van der Waals surface area contributed by atoms with Gasteiger partial charge >= 0.3 is 0 Å². The molecule has 14 heavy (non-hydrogen) atoms. The molecule has 0 fully saturated rings. The SMILES string of the molecule is N#Cc1cc([C@H](N)CN)cc(Cl)c1N. The molecule has 6 N–H and O–H groups in total. The number of hydrogen-bond acceptors (Lipinski definition) is 4. The van der Waals surface area contributed by atoms with Crippen molar-refractivity contribution in [2.75, 3.05) is 12.3 Å². The third-order valence-corrected chi connectivity index (χ3v) is 2.27. The van der Waals surface area contributed by atoms with Crippen LogP contribution in [0.1, 0.15) is 17.2 Å². The number of benzene rings is 1. The molecular weight excluding hydrogens is 200 g/mol. The van der Waals surface area contributed by atoms with Crippen LogP contribution in [0.4, 0.5) is 5.69 Å². The number of nitriles is 1. The van der Waals surface area contributed by atoms with Crippen LogP contribution < -0.4 is 17.2 Å². The molecule has 1 aromatic rings. The van der Waals surface area contributed by atoms with Crippen LogP contribution in [-0.2, 0) is 0 Å². The topological polar surface area (TPSA) is 102 Å². The highest BCUT2D eigenvalue weighted by Gasteiger charge is 2.10. The van der Waals surface area contributed by atoms with E-state index in [4.69, 9.17) is 34.1 Å². The molecule has 1 atom stereocenters. The number of anilines is 1. The monoisotopic (exact) mass is 210 g/mol. The minimum Gasteiger partial charge on any atom is -0.396 e. The Morgan fingerprint density at radius 3 is 2.64 bits per heavy atom. The van der Waals surface area contributed by atoms with Crippen molar-refractivity contribution in [2.45, 2.75) is 6.04 Å². The Labute approximate surface area is 87.2 Å². The number of rotatable bonds is 2. The third kappa shape index (κ3) is 1.96. The first-order valence-electron chi connectivity index (χ1n) is 4.04. The minimum absolute atomic E-state index is 0.280.